The van der Waals surface area contributed by atoms with Crippen LogP contribution in [0.3, 0.4) is 0 Å². The standard InChI is InChI=1S/C29H31Cl2N7O4S/c1-29(2,3)42-28(39)18-38(43(40,41)23-13-20(30)12-21(31)14-23)22-6-7-25-24(15-22)19(16-32)17-37(25)27-9-8-26(34-35-27)33-10-11-36(4)5/h6-9,12-15,17H,10-11,18H2,1-5H3,(H,33,34). The van der Waals surface area contributed by atoms with Crippen LogP contribution in [-0.4, -0.2) is 73.4 Å². The van der Waals surface area contributed by atoms with E-state index in [9.17, 15) is 18.5 Å². The maximum absolute atomic E-state index is 13.9. The molecule has 0 aliphatic heterocycles. The second kappa shape index (κ2) is 12.8. The van der Waals surface area contributed by atoms with Crippen LogP contribution in [-0.2, 0) is 19.6 Å². The number of nitrogens with zero attached hydrogens (tertiary/aromatic N) is 6. The van der Waals surface area contributed by atoms with E-state index < -0.39 is 28.1 Å². The van der Waals surface area contributed by atoms with Gasteiger partial charge in [-0.05, 0) is 83.4 Å². The fraction of sp³-hybridized carbons (Fsp3) is 0.310. The summed E-state index contributed by atoms with van der Waals surface area (Å²) < 4.78 is 35.8. The van der Waals surface area contributed by atoms with Crippen LogP contribution in [0.2, 0.25) is 10.0 Å². The Kier molecular flexibility index (Phi) is 9.51. The van der Waals surface area contributed by atoms with E-state index in [0.717, 1.165) is 10.8 Å². The first-order valence-corrected chi connectivity index (χ1v) is 15.4. The zero-order valence-corrected chi connectivity index (χ0v) is 26.6. The predicted octanol–water partition coefficient (Wildman–Crippen LogP) is 5.11. The largest absolute Gasteiger partial charge is 0.459 e. The number of carbonyl (C=O) groups is 1. The van der Waals surface area contributed by atoms with Crippen molar-refractivity contribution in [2.45, 2.75) is 31.3 Å². The SMILES string of the molecule is CN(C)CCNc1ccc(-n2cc(C#N)c3cc(N(CC(=O)OC(C)(C)C)S(=O)(=O)c4cc(Cl)cc(Cl)c4)ccc32)nn1. The molecule has 0 aliphatic carbocycles. The molecule has 4 rings (SSSR count). The lowest BCUT2D eigenvalue weighted by atomic mass is 10.1. The molecular formula is C29H31Cl2N7O4S. The summed E-state index contributed by atoms with van der Waals surface area (Å²) in [4.78, 5) is 14.7. The Morgan fingerprint density at radius 3 is 2.35 bits per heavy atom. The molecule has 0 aliphatic rings. The summed E-state index contributed by atoms with van der Waals surface area (Å²) in [5.74, 6) is 0.301. The lowest BCUT2D eigenvalue weighted by Crippen LogP contribution is -2.39. The molecule has 0 amide bonds. The summed E-state index contributed by atoms with van der Waals surface area (Å²) in [5, 5.41) is 22.4. The molecule has 2 aromatic carbocycles. The number of ether oxygens (including phenoxy) is 1. The van der Waals surface area contributed by atoms with Gasteiger partial charge in [0.25, 0.3) is 10.0 Å². The Bertz CT molecular complexity index is 1770. The molecule has 0 radical (unpaired) electrons. The Balaban J connectivity index is 1.77. The molecule has 0 atom stereocenters. The number of anilines is 2. The molecule has 1 N–H and O–H groups in total. The van der Waals surface area contributed by atoms with E-state index in [2.05, 4.69) is 21.6 Å². The lowest BCUT2D eigenvalue weighted by Gasteiger charge is -2.26. The van der Waals surface area contributed by atoms with E-state index in [0.29, 0.717) is 29.1 Å². The van der Waals surface area contributed by atoms with Crippen LogP contribution in [0.1, 0.15) is 26.3 Å². The number of rotatable bonds is 10. The van der Waals surface area contributed by atoms with Crippen molar-refractivity contribution in [1.29, 1.82) is 5.26 Å². The molecule has 0 spiro atoms. The summed E-state index contributed by atoms with van der Waals surface area (Å²) in [6.07, 6.45) is 1.60. The van der Waals surface area contributed by atoms with E-state index in [1.165, 1.54) is 24.3 Å². The number of benzene rings is 2. The summed E-state index contributed by atoms with van der Waals surface area (Å²) in [7, 11) is -0.406. The topological polar surface area (TPSA) is 133 Å². The van der Waals surface area contributed by atoms with Crippen molar-refractivity contribution in [3.8, 4) is 11.9 Å². The highest BCUT2D eigenvalue weighted by Crippen LogP contribution is 2.33. The van der Waals surface area contributed by atoms with Gasteiger partial charge in [0.1, 0.15) is 24.0 Å². The van der Waals surface area contributed by atoms with Crippen LogP contribution >= 0.6 is 23.2 Å². The average molecular weight is 645 g/mol. The molecule has 4 aromatic rings. The van der Waals surface area contributed by atoms with Gasteiger partial charge in [-0.1, -0.05) is 23.2 Å². The summed E-state index contributed by atoms with van der Waals surface area (Å²) in [5.41, 5.74) is 0.144. The molecule has 2 aromatic heterocycles. The van der Waals surface area contributed by atoms with Gasteiger partial charge in [0.15, 0.2) is 5.82 Å². The van der Waals surface area contributed by atoms with Crippen molar-refractivity contribution in [2.75, 3.05) is 43.4 Å². The van der Waals surface area contributed by atoms with Gasteiger partial charge in [-0.25, -0.2) is 8.42 Å². The molecular weight excluding hydrogens is 613 g/mol. The maximum Gasteiger partial charge on any atom is 0.327 e. The zero-order valence-electron chi connectivity index (χ0n) is 24.3. The van der Waals surface area contributed by atoms with Crippen molar-refractivity contribution < 1.29 is 17.9 Å². The van der Waals surface area contributed by atoms with Gasteiger partial charge >= 0.3 is 5.97 Å². The van der Waals surface area contributed by atoms with Crippen LogP contribution in [0.15, 0.2) is 59.6 Å². The fourth-order valence-electron chi connectivity index (χ4n) is 4.22. The molecule has 14 heteroatoms. The molecule has 226 valence electrons. The predicted molar refractivity (Wildman–Crippen MR) is 167 cm³/mol. The number of hydrogen-bond donors (Lipinski definition) is 1. The van der Waals surface area contributed by atoms with Crippen LogP contribution < -0.4 is 9.62 Å². The molecule has 43 heavy (non-hydrogen) atoms. The van der Waals surface area contributed by atoms with E-state index in [1.54, 1.807) is 55.8 Å². The monoisotopic (exact) mass is 643 g/mol. The third-order valence-corrected chi connectivity index (χ3v) is 8.26. The Morgan fingerprint density at radius 1 is 1.07 bits per heavy atom. The molecule has 2 heterocycles. The quantitative estimate of drug-likeness (QED) is 0.234. The number of nitrogens with one attached hydrogen (secondary N) is 1. The summed E-state index contributed by atoms with van der Waals surface area (Å²) >= 11 is 12.2. The van der Waals surface area contributed by atoms with E-state index in [1.807, 2.05) is 19.0 Å². The minimum atomic E-state index is -4.36. The van der Waals surface area contributed by atoms with Gasteiger partial charge in [0, 0.05) is 34.7 Å². The third kappa shape index (κ3) is 7.74. The van der Waals surface area contributed by atoms with Crippen molar-refractivity contribution in [2.24, 2.45) is 0 Å². The van der Waals surface area contributed by atoms with Crippen LogP contribution in [0.25, 0.3) is 16.7 Å². The summed E-state index contributed by atoms with van der Waals surface area (Å²) in [6, 6.07) is 14.3. The number of hydrogen-bond acceptors (Lipinski definition) is 9. The van der Waals surface area contributed by atoms with Crippen molar-refractivity contribution in [3.63, 3.8) is 0 Å². The molecule has 11 nitrogen and oxygen atoms in total. The van der Waals surface area contributed by atoms with Crippen LogP contribution in [0.4, 0.5) is 11.5 Å². The van der Waals surface area contributed by atoms with E-state index in [4.69, 9.17) is 27.9 Å². The number of carbonyl (C=O) groups excluding carboxylic acids is 1. The van der Waals surface area contributed by atoms with Gasteiger partial charge in [-0.2, -0.15) is 5.26 Å². The van der Waals surface area contributed by atoms with Crippen LogP contribution in [0, 0.1) is 11.3 Å². The number of sulfonamides is 1. The average Bonchev–Trinajstić information content (AvgIpc) is 3.28. The minimum absolute atomic E-state index is 0.114. The minimum Gasteiger partial charge on any atom is -0.459 e. The molecule has 0 fully saturated rings. The third-order valence-electron chi connectivity index (χ3n) is 6.08. The highest BCUT2D eigenvalue weighted by Gasteiger charge is 2.30. The first kappa shape index (κ1) is 32.0. The zero-order chi connectivity index (χ0) is 31.5. The number of aromatic nitrogens is 3. The lowest BCUT2D eigenvalue weighted by molar-refractivity contribution is -0.152. The number of nitriles is 1. The fourth-order valence-corrected chi connectivity index (χ4v) is 6.35. The molecule has 0 saturated carbocycles. The van der Waals surface area contributed by atoms with Crippen molar-refractivity contribution in [3.05, 3.63) is 70.3 Å². The summed E-state index contributed by atoms with van der Waals surface area (Å²) in [6.45, 7) is 5.94. The van der Waals surface area contributed by atoms with Gasteiger partial charge in [-0.15, -0.1) is 10.2 Å². The van der Waals surface area contributed by atoms with Crippen molar-refractivity contribution in [1.82, 2.24) is 19.7 Å². The van der Waals surface area contributed by atoms with E-state index >= 15 is 0 Å². The number of fused-ring (bicyclic) bond motifs is 1. The Labute approximate surface area is 260 Å². The van der Waals surface area contributed by atoms with Crippen LogP contribution in [0.5, 0.6) is 0 Å². The Hall–Kier alpha value is -3.89. The second-order valence-corrected chi connectivity index (χ2v) is 13.7. The molecule has 0 bridgehead atoms. The van der Waals surface area contributed by atoms with Gasteiger partial charge < -0.3 is 15.0 Å². The highest BCUT2D eigenvalue weighted by molar-refractivity contribution is 7.92. The van der Waals surface area contributed by atoms with Crippen molar-refractivity contribution >= 4 is 61.6 Å². The van der Waals surface area contributed by atoms with Gasteiger partial charge in [-0.3, -0.25) is 13.7 Å². The number of halogens is 2. The second-order valence-electron chi connectivity index (χ2n) is 10.9. The molecule has 0 saturated heterocycles. The van der Waals surface area contributed by atoms with Gasteiger partial charge in [0.05, 0.1) is 21.7 Å². The number of esters is 1. The first-order chi connectivity index (χ1) is 20.2. The smallest absolute Gasteiger partial charge is 0.327 e. The maximum atomic E-state index is 13.9. The highest BCUT2D eigenvalue weighted by atomic mass is 35.5. The normalized spacial score (nSPS) is 11.9. The van der Waals surface area contributed by atoms with Gasteiger partial charge in [0.2, 0.25) is 0 Å². The number of likely N-dealkylation sites (N-methyl/N-ethyl adjacent to an activating group) is 1. The first-order valence-electron chi connectivity index (χ1n) is 13.2. The Morgan fingerprint density at radius 2 is 1.77 bits per heavy atom. The van der Waals surface area contributed by atoms with E-state index in [-0.39, 0.29) is 26.2 Å². The molecule has 0 unspecified atom stereocenters.